The van der Waals surface area contributed by atoms with E-state index in [9.17, 15) is 17.6 Å². The van der Waals surface area contributed by atoms with Crippen LogP contribution >= 0.6 is 0 Å². The molecule has 0 atom stereocenters. The number of halogens is 1. The maximum absolute atomic E-state index is 14.4. The van der Waals surface area contributed by atoms with E-state index in [1.54, 1.807) is 59.2 Å². The molecule has 1 aromatic heterocycles. The number of rotatable bonds is 10. The van der Waals surface area contributed by atoms with Crippen LogP contribution in [-0.4, -0.2) is 38.3 Å². The molecule has 0 unspecified atom stereocenters. The fraction of sp³-hybridized carbons (Fsp3) is 0.200. The number of hydrogen-bond donors (Lipinski definition) is 1. The Morgan fingerprint density at radius 2 is 1.70 bits per heavy atom. The predicted octanol–water partition coefficient (Wildman–Crippen LogP) is 5.29. The zero-order chi connectivity index (χ0) is 28.9. The molecule has 208 valence electrons. The van der Waals surface area contributed by atoms with Gasteiger partial charge in [0, 0.05) is 17.0 Å². The van der Waals surface area contributed by atoms with Crippen molar-refractivity contribution >= 4 is 27.8 Å². The van der Waals surface area contributed by atoms with E-state index in [2.05, 4.69) is 10.5 Å². The molecule has 10 heteroatoms. The van der Waals surface area contributed by atoms with Crippen molar-refractivity contribution in [2.75, 3.05) is 17.5 Å². The van der Waals surface area contributed by atoms with E-state index in [0.29, 0.717) is 29.3 Å². The minimum absolute atomic E-state index is 0.0217. The number of ether oxygens (including phenoxy) is 1. The normalized spacial score (nSPS) is 11.5. The van der Waals surface area contributed by atoms with Gasteiger partial charge < -0.3 is 9.30 Å². The van der Waals surface area contributed by atoms with Crippen LogP contribution in [0.2, 0.25) is 0 Å². The van der Waals surface area contributed by atoms with Crippen LogP contribution in [0.3, 0.4) is 0 Å². The molecule has 4 aromatic rings. The number of anilines is 1. The number of para-hydroxylation sites is 1. The van der Waals surface area contributed by atoms with E-state index in [0.717, 1.165) is 21.3 Å². The highest BCUT2D eigenvalue weighted by atomic mass is 32.2. The lowest BCUT2D eigenvalue weighted by molar-refractivity contribution is -0.119. The SMILES string of the molecule is CCOc1ccc(S(=O)(=O)N(CC(=O)N/N=C\c2cc(C)n(-c3ccccc3F)c2C)c2ccc(C)cc2)cc1. The lowest BCUT2D eigenvalue weighted by atomic mass is 10.2. The fourth-order valence-electron chi connectivity index (χ4n) is 4.29. The predicted molar refractivity (Wildman–Crippen MR) is 154 cm³/mol. The Labute approximate surface area is 233 Å². The Kier molecular flexibility index (Phi) is 8.69. The molecule has 4 rings (SSSR count). The average Bonchev–Trinajstić information content (AvgIpc) is 3.21. The molecule has 0 aliphatic carbocycles. The molecule has 0 aliphatic heterocycles. The number of sulfonamides is 1. The summed E-state index contributed by atoms with van der Waals surface area (Å²) in [5.41, 5.74) is 6.33. The van der Waals surface area contributed by atoms with E-state index in [1.807, 2.05) is 33.8 Å². The van der Waals surface area contributed by atoms with E-state index in [-0.39, 0.29) is 10.7 Å². The highest BCUT2D eigenvalue weighted by molar-refractivity contribution is 7.92. The van der Waals surface area contributed by atoms with Gasteiger partial charge in [-0.1, -0.05) is 29.8 Å². The van der Waals surface area contributed by atoms with Crippen molar-refractivity contribution in [2.24, 2.45) is 5.10 Å². The first-order valence-corrected chi connectivity index (χ1v) is 14.1. The molecule has 1 N–H and O–H groups in total. The smallest absolute Gasteiger partial charge is 0.264 e. The summed E-state index contributed by atoms with van der Waals surface area (Å²) >= 11 is 0. The van der Waals surface area contributed by atoms with Crippen LogP contribution in [0, 0.1) is 26.6 Å². The van der Waals surface area contributed by atoms with Crippen LogP contribution in [-0.2, 0) is 14.8 Å². The number of nitrogens with zero attached hydrogens (tertiary/aromatic N) is 3. The number of amides is 1. The van der Waals surface area contributed by atoms with Gasteiger partial charge in [-0.25, -0.2) is 18.2 Å². The Morgan fingerprint density at radius 3 is 2.35 bits per heavy atom. The maximum atomic E-state index is 14.4. The van der Waals surface area contributed by atoms with Crippen LogP contribution in [0.5, 0.6) is 5.75 Å². The van der Waals surface area contributed by atoms with Crippen molar-refractivity contribution in [1.82, 2.24) is 9.99 Å². The molecule has 0 radical (unpaired) electrons. The Balaban J connectivity index is 1.55. The first-order valence-electron chi connectivity index (χ1n) is 12.7. The molecule has 0 spiro atoms. The van der Waals surface area contributed by atoms with Crippen molar-refractivity contribution in [3.8, 4) is 11.4 Å². The Hall–Kier alpha value is -4.44. The number of hydrogen-bond acceptors (Lipinski definition) is 5. The van der Waals surface area contributed by atoms with Crippen molar-refractivity contribution in [3.05, 3.63) is 107 Å². The first-order chi connectivity index (χ1) is 19.1. The molecule has 0 aliphatic rings. The van der Waals surface area contributed by atoms with E-state index < -0.39 is 22.5 Å². The topological polar surface area (TPSA) is 93.0 Å². The number of benzene rings is 3. The van der Waals surface area contributed by atoms with Gasteiger partial charge in [-0.3, -0.25) is 9.10 Å². The summed E-state index contributed by atoms with van der Waals surface area (Å²) < 4.78 is 49.8. The van der Waals surface area contributed by atoms with Crippen LogP contribution in [0.1, 0.15) is 29.4 Å². The maximum Gasteiger partial charge on any atom is 0.264 e. The minimum Gasteiger partial charge on any atom is -0.494 e. The molecule has 0 saturated carbocycles. The van der Waals surface area contributed by atoms with Crippen molar-refractivity contribution in [3.63, 3.8) is 0 Å². The summed E-state index contributed by atoms with van der Waals surface area (Å²) in [4.78, 5) is 12.9. The van der Waals surface area contributed by atoms with Crippen molar-refractivity contribution < 1.29 is 22.3 Å². The van der Waals surface area contributed by atoms with Crippen LogP contribution in [0.4, 0.5) is 10.1 Å². The van der Waals surface area contributed by atoms with Gasteiger partial charge in [0.1, 0.15) is 18.1 Å². The number of aryl methyl sites for hydroxylation is 2. The Morgan fingerprint density at radius 1 is 1.02 bits per heavy atom. The van der Waals surface area contributed by atoms with Crippen LogP contribution in [0.25, 0.3) is 5.69 Å². The summed E-state index contributed by atoms with van der Waals surface area (Å²) in [6, 6.07) is 21.2. The second-order valence-electron chi connectivity index (χ2n) is 9.16. The van der Waals surface area contributed by atoms with Gasteiger partial charge >= 0.3 is 0 Å². The molecule has 1 heterocycles. The van der Waals surface area contributed by atoms with Gasteiger partial charge in [0.05, 0.1) is 29.1 Å². The van der Waals surface area contributed by atoms with Crippen molar-refractivity contribution in [1.29, 1.82) is 0 Å². The minimum atomic E-state index is -4.09. The molecular weight excluding hydrogens is 531 g/mol. The van der Waals surface area contributed by atoms with Gasteiger partial charge in [-0.15, -0.1) is 0 Å². The van der Waals surface area contributed by atoms with E-state index in [4.69, 9.17) is 4.74 Å². The summed E-state index contributed by atoms with van der Waals surface area (Å²) in [5, 5.41) is 4.05. The summed E-state index contributed by atoms with van der Waals surface area (Å²) in [7, 11) is -4.09. The number of carbonyl (C=O) groups is 1. The van der Waals surface area contributed by atoms with Gasteiger partial charge in [0.15, 0.2) is 0 Å². The highest BCUT2D eigenvalue weighted by Crippen LogP contribution is 2.26. The molecule has 1 amide bonds. The van der Waals surface area contributed by atoms with Crippen LogP contribution in [0.15, 0.2) is 88.9 Å². The number of hydrazone groups is 1. The molecule has 40 heavy (non-hydrogen) atoms. The molecular formula is C30H31FN4O4S. The molecule has 0 fully saturated rings. The number of carbonyl (C=O) groups excluding carboxylic acids is 1. The van der Waals surface area contributed by atoms with Gasteiger partial charge in [0.25, 0.3) is 15.9 Å². The zero-order valence-electron chi connectivity index (χ0n) is 22.8. The Bertz CT molecular complexity index is 1630. The fourth-order valence-corrected chi connectivity index (χ4v) is 5.71. The molecule has 0 saturated heterocycles. The standard InChI is InChI=1S/C30H31FN4O4S/c1-5-39-26-14-16-27(17-15-26)40(37,38)34(25-12-10-21(2)11-13-25)20-30(36)33-32-19-24-18-22(3)35(23(24)4)29-9-7-6-8-28(29)31/h6-19H,5,20H2,1-4H3,(H,33,36)/b32-19-. The summed E-state index contributed by atoms with van der Waals surface area (Å²) in [6.45, 7) is 7.36. The van der Waals surface area contributed by atoms with Gasteiger partial charge in [-0.2, -0.15) is 5.10 Å². The molecule has 0 bridgehead atoms. The summed E-state index contributed by atoms with van der Waals surface area (Å²) in [5.74, 6) is -0.440. The quantitative estimate of drug-likeness (QED) is 0.210. The van der Waals surface area contributed by atoms with Crippen molar-refractivity contribution in [2.45, 2.75) is 32.6 Å². The number of aromatic nitrogens is 1. The lowest BCUT2D eigenvalue weighted by Gasteiger charge is -2.24. The van der Waals surface area contributed by atoms with Crippen LogP contribution < -0.4 is 14.5 Å². The number of nitrogens with one attached hydrogen (secondary N) is 1. The van der Waals surface area contributed by atoms with E-state index in [1.165, 1.54) is 24.4 Å². The lowest BCUT2D eigenvalue weighted by Crippen LogP contribution is -2.39. The molecule has 8 nitrogen and oxygen atoms in total. The first kappa shape index (κ1) is 28.6. The zero-order valence-corrected chi connectivity index (χ0v) is 23.6. The molecule has 3 aromatic carbocycles. The largest absolute Gasteiger partial charge is 0.494 e. The third-order valence-electron chi connectivity index (χ3n) is 6.29. The average molecular weight is 563 g/mol. The van der Waals surface area contributed by atoms with Gasteiger partial charge in [-0.05, 0) is 82.3 Å². The second-order valence-corrected chi connectivity index (χ2v) is 11.0. The monoisotopic (exact) mass is 562 g/mol. The van der Waals surface area contributed by atoms with Gasteiger partial charge in [0.2, 0.25) is 0 Å². The van der Waals surface area contributed by atoms with E-state index >= 15 is 0 Å². The highest BCUT2D eigenvalue weighted by Gasteiger charge is 2.27. The third-order valence-corrected chi connectivity index (χ3v) is 8.08. The summed E-state index contributed by atoms with van der Waals surface area (Å²) in [6.07, 6.45) is 1.45. The second kappa shape index (κ2) is 12.2. The third kappa shape index (κ3) is 6.23.